The van der Waals surface area contributed by atoms with E-state index in [1.165, 1.54) is 12.8 Å². The van der Waals surface area contributed by atoms with Crippen LogP contribution in [-0.4, -0.2) is 20.5 Å². The lowest BCUT2D eigenvalue weighted by Gasteiger charge is -2.54. The lowest BCUT2D eigenvalue weighted by Crippen LogP contribution is -2.63. The molecular weight excluding hydrogens is 356 g/mol. The van der Waals surface area contributed by atoms with Gasteiger partial charge in [-0.25, -0.2) is 9.59 Å². The van der Waals surface area contributed by atoms with Gasteiger partial charge in [-0.05, 0) is 39.5 Å². The highest BCUT2D eigenvalue weighted by molar-refractivity contribution is 6.76. The molecule has 152 valence electrons. The summed E-state index contributed by atoms with van der Waals surface area (Å²) in [5.41, 5.74) is 0.717. The van der Waals surface area contributed by atoms with E-state index in [1.807, 2.05) is 0 Å². The van der Waals surface area contributed by atoms with Gasteiger partial charge in [0.25, 0.3) is 0 Å². The minimum Gasteiger partial charge on any atom is -0.481 e. The Balaban J connectivity index is 2.62. The third-order valence-corrected chi connectivity index (χ3v) is 11.8. The molecule has 0 amide bonds. The van der Waals surface area contributed by atoms with Crippen molar-refractivity contribution in [2.45, 2.75) is 102 Å². The largest absolute Gasteiger partial charge is 0.481 e. The van der Waals surface area contributed by atoms with Gasteiger partial charge in [0.05, 0.1) is 0 Å². The van der Waals surface area contributed by atoms with Crippen molar-refractivity contribution in [2.24, 2.45) is 0 Å². The molecule has 0 aromatic heterocycles. The van der Waals surface area contributed by atoms with E-state index in [1.54, 1.807) is 13.8 Å². The Labute approximate surface area is 165 Å². The number of carbonyl (C=O) groups is 2. The van der Waals surface area contributed by atoms with Crippen molar-refractivity contribution >= 4 is 20.5 Å². The van der Waals surface area contributed by atoms with Gasteiger partial charge in [0.1, 0.15) is 0 Å². The lowest BCUT2D eigenvalue weighted by molar-refractivity contribution is -0.139. The van der Waals surface area contributed by atoms with Crippen LogP contribution in [0.15, 0.2) is 24.3 Å². The molecule has 0 aromatic carbocycles. The molecular formula is C22H36O4Si. The summed E-state index contributed by atoms with van der Waals surface area (Å²) < 4.78 is 12.6. The SMILES string of the molecule is C=C(C)C(=O)O[Si](OC(=O)C(=C)C)(C1(C)CCCCC1)C1(C)CCCCC1. The van der Waals surface area contributed by atoms with Crippen LogP contribution < -0.4 is 0 Å². The van der Waals surface area contributed by atoms with Crippen molar-refractivity contribution in [1.29, 1.82) is 0 Å². The van der Waals surface area contributed by atoms with E-state index in [0.29, 0.717) is 11.1 Å². The first kappa shape index (κ1) is 21.9. The van der Waals surface area contributed by atoms with Gasteiger partial charge in [-0.3, -0.25) is 0 Å². The van der Waals surface area contributed by atoms with Crippen molar-refractivity contribution < 1.29 is 18.4 Å². The molecule has 2 aliphatic carbocycles. The third-order valence-electron chi connectivity index (χ3n) is 6.67. The normalized spacial score (nSPS) is 21.8. The molecule has 2 aliphatic rings. The molecule has 0 atom stereocenters. The van der Waals surface area contributed by atoms with Gasteiger partial charge < -0.3 is 8.85 Å². The van der Waals surface area contributed by atoms with Crippen LogP contribution in [0.25, 0.3) is 0 Å². The summed E-state index contributed by atoms with van der Waals surface area (Å²) in [4.78, 5) is 25.6. The van der Waals surface area contributed by atoms with Gasteiger partial charge in [-0.2, -0.15) is 0 Å². The molecule has 2 saturated carbocycles. The van der Waals surface area contributed by atoms with Crippen LogP contribution in [0.5, 0.6) is 0 Å². The summed E-state index contributed by atoms with van der Waals surface area (Å²) in [5.74, 6) is -0.843. The second-order valence-electron chi connectivity index (χ2n) is 9.20. The van der Waals surface area contributed by atoms with E-state index >= 15 is 0 Å². The van der Waals surface area contributed by atoms with E-state index in [4.69, 9.17) is 8.85 Å². The highest BCUT2D eigenvalue weighted by Gasteiger charge is 2.70. The quantitative estimate of drug-likeness (QED) is 0.404. The second kappa shape index (κ2) is 8.34. The van der Waals surface area contributed by atoms with Gasteiger partial charge >= 0.3 is 20.5 Å². The van der Waals surface area contributed by atoms with Gasteiger partial charge in [0.2, 0.25) is 0 Å². The predicted molar refractivity (Wildman–Crippen MR) is 110 cm³/mol. The minimum absolute atomic E-state index is 0.284. The zero-order valence-corrected chi connectivity index (χ0v) is 18.6. The Morgan fingerprint density at radius 2 is 1.00 bits per heavy atom. The van der Waals surface area contributed by atoms with E-state index < -0.39 is 20.5 Å². The fourth-order valence-electron chi connectivity index (χ4n) is 5.00. The molecule has 0 heterocycles. The number of rotatable bonds is 6. The van der Waals surface area contributed by atoms with Gasteiger partial charge in [0, 0.05) is 21.2 Å². The molecule has 0 aromatic rings. The van der Waals surface area contributed by atoms with Crippen LogP contribution >= 0.6 is 0 Å². The number of hydrogen-bond acceptors (Lipinski definition) is 4. The smallest absolute Gasteiger partial charge is 0.477 e. The van der Waals surface area contributed by atoms with E-state index in [-0.39, 0.29) is 10.1 Å². The average molecular weight is 393 g/mol. The Morgan fingerprint density at radius 1 is 0.704 bits per heavy atom. The highest BCUT2D eigenvalue weighted by Crippen LogP contribution is 2.64. The molecule has 0 saturated heterocycles. The maximum absolute atomic E-state index is 12.8. The summed E-state index contributed by atoms with van der Waals surface area (Å²) in [6.45, 7) is 15.3. The monoisotopic (exact) mass is 392 g/mol. The molecule has 5 heteroatoms. The molecule has 0 bridgehead atoms. The van der Waals surface area contributed by atoms with E-state index in [2.05, 4.69) is 27.0 Å². The van der Waals surface area contributed by atoms with Crippen LogP contribution in [0.4, 0.5) is 0 Å². The van der Waals surface area contributed by atoms with Crippen molar-refractivity contribution in [2.75, 3.05) is 0 Å². The van der Waals surface area contributed by atoms with Crippen LogP contribution in [0, 0.1) is 0 Å². The van der Waals surface area contributed by atoms with Crippen molar-refractivity contribution in [3.8, 4) is 0 Å². The van der Waals surface area contributed by atoms with Crippen molar-refractivity contribution in [3.05, 3.63) is 24.3 Å². The van der Waals surface area contributed by atoms with Gasteiger partial charge in [-0.15, -0.1) is 0 Å². The Hall–Kier alpha value is -1.36. The second-order valence-corrected chi connectivity index (χ2v) is 13.3. The summed E-state index contributed by atoms with van der Waals surface area (Å²) in [5, 5.41) is -0.568. The molecule has 2 fully saturated rings. The summed E-state index contributed by atoms with van der Waals surface area (Å²) in [6, 6.07) is 0. The zero-order valence-electron chi connectivity index (χ0n) is 17.6. The van der Waals surface area contributed by atoms with Gasteiger partial charge in [-0.1, -0.05) is 65.5 Å². The number of carbonyl (C=O) groups excluding carboxylic acids is 2. The molecule has 0 aliphatic heterocycles. The first-order chi connectivity index (χ1) is 12.6. The van der Waals surface area contributed by atoms with Crippen LogP contribution in [0.3, 0.4) is 0 Å². The first-order valence-corrected chi connectivity index (χ1v) is 12.2. The molecule has 2 rings (SSSR count). The lowest BCUT2D eigenvalue weighted by atomic mass is 9.88. The van der Waals surface area contributed by atoms with Crippen molar-refractivity contribution in [1.82, 2.24) is 0 Å². The van der Waals surface area contributed by atoms with E-state index in [9.17, 15) is 9.59 Å². The van der Waals surface area contributed by atoms with Gasteiger partial charge in [0.15, 0.2) is 0 Å². The summed E-state index contributed by atoms with van der Waals surface area (Å²) >= 11 is 0. The summed E-state index contributed by atoms with van der Waals surface area (Å²) in [7, 11) is -3.31. The Bertz CT molecular complexity index is 556. The zero-order chi connectivity index (χ0) is 20.3. The van der Waals surface area contributed by atoms with Crippen molar-refractivity contribution in [3.63, 3.8) is 0 Å². The Morgan fingerprint density at radius 3 is 1.26 bits per heavy atom. The van der Waals surface area contributed by atoms with Crippen LogP contribution in [-0.2, 0) is 18.4 Å². The Kier molecular flexibility index (Phi) is 6.77. The van der Waals surface area contributed by atoms with Crippen LogP contribution in [0.2, 0.25) is 10.1 Å². The molecule has 0 radical (unpaired) electrons. The highest BCUT2D eigenvalue weighted by atomic mass is 28.4. The fourth-order valence-corrected chi connectivity index (χ4v) is 10.4. The third kappa shape index (κ3) is 4.23. The molecule has 0 spiro atoms. The topological polar surface area (TPSA) is 52.6 Å². The maximum Gasteiger partial charge on any atom is 0.477 e. The molecule has 0 unspecified atom stereocenters. The summed E-state index contributed by atoms with van der Waals surface area (Å²) in [6.07, 6.45) is 10.4. The predicted octanol–water partition coefficient (Wildman–Crippen LogP) is 6.12. The minimum atomic E-state index is -3.31. The van der Waals surface area contributed by atoms with Crippen LogP contribution in [0.1, 0.15) is 91.9 Å². The first-order valence-electron chi connectivity index (χ1n) is 10.3. The number of hydrogen-bond donors (Lipinski definition) is 0. The fraction of sp³-hybridized carbons (Fsp3) is 0.727. The molecule has 27 heavy (non-hydrogen) atoms. The molecule has 0 N–H and O–H groups in total. The maximum atomic E-state index is 12.8. The average Bonchev–Trinajstić information content (AvgIpc) is 2.61. The molecule has 4 nitrogen and oxygen atoms in total. The standard InChI is InChI=1S/C22H36O4Si/c1-17(2)19(23)25-27(26-20(24)18(3)4,21(5)13-9-7-10-14-21)22(6)15-11-8-12-16-22/h1,3,7-16H2,2,4-6H3. The van der Waals surface area contributed by atoms with E-state index in [0.717, 1.165) is 51.4 Å².